The number of hydrogen-bond acceptors (Lipinski definition) is 5. The lowest BCUT2D eigenvalue weighted by atomic mass is 9.79. The van der Waals surface area contributed by atoms with Crippen molar-refractivity contribution >= 4 is 11.9 Å². The third kappa shape index (κ3) is 2.91. The molecule has 0 saturated heterocycles. The Bertz CT molecular complexity index is 502. The Kier molecular flexibility index (Phi) is 4.50. The maximum Gasteiger partial charge on any atom is 0.330 e. The highest BCUT2D eigenvalue weighted by Gasteiger charge is 2.63. The molecular weight excluding hydrogens is 296 g/mol. The summed E-state index contributed by atoms with van der Waals surface area (Å²) < 4.78 is 16.4. The monoisotopic (exact) mass is 322 g/mol. The lowest BCUT2D eigenvalue weighted by Gasteiger charge is -2.35. The predicted molar refractivity (Wildman–Crippen MR) is 83.2 cm³/mol. The molecular formula is C18H26O5. The topological polar surface area (TPSA) is 61.8 Å². The molecule has 0 amide bonds. The van der Waals surface area contributed by atoms with Crippen LogP contribution in [0, 0.1) is 23.7 Å². The van der Waals surface area contributed by atoms with Gasteiger partial charge in [-0.15, -0.1) is 0 Å². The van der Waals surface area contributed by atoms with Crippen LogP contribution in [0.15, 0.2) is 12.7 Å². The molecule has 0 heterocycles. The van der Waals surface area contributed by atoms with Crippen LogP contribution < -0.4 is 0 Å². The van der Waals surface area contributed by atoms with Crippen LogP contribution in [0.25, 0.3) is 0 Å². The van der Waals surface area contributed by atoms with E-state index in [0.717, 1.165) is 32.1 Å². The van der Waals surface area contributed by atoms with Gasteiger partial charge in [-0.05, 0) is 57.8 Å². The fourth-order valence-electron chi connectivity index (χ4n) is 5.11. The highest BCUT2D eigenvalue weighted by atomic mass is 16.7. The summed E-state index contributed by atoms with van der Waals surface area (Å²) in [6.45, 7) is 7.64. The number of ether oxygens (including phenoxy) is 3. The fraction of sp³-hybridized carbons (Fsp3) is 0.778. The van der Waals surface area contributed by atoms with Crippen molar-refractivity contribution in [2.45, 2.75) is 57.8 Å². The molecule has 6 atom stereocenters. The molecule has 0 aromatic rings. The van der Waals surface area contributed by atoms with E-state index in [0.29, 0.717) is 18.4 Å². The fourth-order valence-corrected chi connectivity index (χ4v) is 5.11. The molecule has 0 aliphatic heterocycles. The highest BCUT2D eigenvalue weighted by Crippen LogP contribution is 2.63. The molecule has 3 saturated carbocycles. The van der Waals surface area contributed by atoms with Gasteiger partial charge in [-0.2, -0.15) is 0 Å². The number of carbonyl (C=O) groups is 2. The van der Waals surface area contributed by atoms with Gasteiger partial charge in [-0.3, -0.25) is 4.79 Å². The first-order valence-electron chi connectivity index (χ1n) is 8.66. The van der Waals surface area contributed by atoms with Crippen molar-refractivity contribution in [3.05, 3.63) is 12.7 Å². The molecule has 2 bridgehead atoms. The quantitative estimate of drug-likeness (QED) is 0.427. The van der Waals surface area contributed by atoms with E-state index < -0.39 is 6.29 Å². The molecule has 0 radical (unpaired) electrons. The summed E-state index contributed by atoms with van der Waals surface area (Å²) in [5, 5.41) is 0. The average molecular weight is 322 g/mol. The minimum atomic E-state index is -0.503. The van der Waals surface area contributed by atoms with Crippen LogP contribution in [0.3, 0.4) is 0 Å². The second kappa shape index (κ2) is 6.27. The van der Waals surface area contributed by atoms with Crippen LogP contribution in [-0.2, 0) is 23.8 Å². The molecule has 23 heavy (non-hydrogen) atoms. The molecule has 6 unspecified atom stereocenters. The van der Waals surface area contributed by atoms with Crippen molar-refractivity contribution in [3.63, 3.8) is 0 Å². The molecule has 128 valence electrons. The second-order valence-electron chi connectivity index (χ2n) is 7.09. The van der Waals surface area contributed by atoms with Crippen molar-refractivity contribution in [2.24, 2.45) is 23.7 Å². The van der Waals surface area contributed by atoms with Crippen LogP contribution in [0.5, 0.6) is 0 Å². The zero-order chi connectivity index (χ0) is 16.6. The van der Waals surface area contributed by atoms with Gasteiger partial charge in [-0.25, -0.2) is 4.79 Å². The summed E-state index contributed by atoms with van der Waals surface area (Å²) in [4.78, 5) is 24.1. The number of esters is 2. The Labute approximate surface area is 137 Å². The first-order valence-corrected chi connectivity index (χ1v) is 8.66. The lowest BCUT2D eigenvalue weighted by Crippen LogP contribution is -2.39. The summed E-state index contributed by atoms with van der Waals surface area (Å²) >= 11 is 0. The van der Waals surface area contributed by atoms with E-state index in [1.165, 1.54) is 6.08 Å². The zero-order valence-corrected chi connectivity index (χ0v) is 14.0. The van der Waals surface area contributed by atoms with Crippen LogP contribution in [0.2, 0.25) is 0 Å². The van der Waals surface area contributed by atoms with Crippen LogP contribution in [0.1, 0.15) is 46.0 Å². The average Bonchev–Trinajstić information content (AvgIpc) is 3.17. The van der Waals surface area contributed by atoms with E-state index in [4.69, 9.17) is 14.2 Å². The predicted octanol–water partition coefficient (Wildman–Crippen LogP) is 2.84. The van der Waals surface area contributed by atoms with Crippen LogP contribution in [-0.4, -0.2) is 30.4 Å². The summed E-state index contributed by atoms with van der Waals surface area (Å²) in [7, 11) is 0. The van der Waals surface area contributed by atoms with Gasteiger partial charge in [0.25, 0.3) is 0 Å². The Morgan fingerprint density at radius 3 is 2.87 bits per heavy atom. The molecule has 0 aromatic heterocycles. The Hall–Kier alpha value is -1.36. The third-order valence-corrected chi connectivity index (χ3v) is 5.93. The molecule has 3 aliphatic rings. The van der Waals surface area contributed by atoms with Gasteiger partial charge in [0.15, 0.2) is 6.29 Å². The van der Waals surface area contributed by atoms with E-state index in [1.54, 1.807) is 6.92 Å². The maximum absolute atomic E-state index is 12.4. The number of hydrogen-bond donors (Lipinski definition) is 0. The van der Waals surface area contributed by atoms with Gasteiger partial charge in [0, 0.05) is 18.6 Å². The normalized spacial score (nSPS) is 38.9. The van der Waals surface area contributed by atoms with Crippen molar-refractivity contribution in [1.82, 2.24) is 0 Å². The van der Waals surface area contributed by atoms with Gasteiger partial charge >= 0.3 is 11.9 Å². The van der Waals surface area contributed by atoms with Crippen molar-refractivity contribution < 1.29 is 23.8 Å². The first-order chi connectivity index (χ1) is 11.0. The minimum absolute atomic E-state index is 0.101. The summed E-state index contributed by atoms with van der Waals surface area (Å²) in [6.07, 6.45) is 5.28. The third-order valence-electron chi connectivity index (χ3n) is 5.93. The van der Waals surface area contributed by atoms with Crippen molar-refractivity contribution in [2.75, 3.05) is 6.61 Å². The van der Waals surface area contributed by atoms with Crippen molar-refractivity contribution in [1.29, 1.82) is 0 Å². The van der Waals surface area contributed by atoms with Gasteiger partial charge in [-0.1, -0.05) is 6.58 Å². The molecule has 0 N–H and O–H groups in total. The number of carbonyl (C=O) groups excluding carboxylic acids is 2. The molecule has 5 nitrogen and oxygen atoms in total. The molecule has 3 rings (SSSR count). The number of rotatable bonds is 6. The SMILES string of the molecule is C=CC(=O)OC12CCC(C1)C1CC(C(=O)OC(C)OCC)CC12. The Balaban J connectivity index is 1.65. The molecule has 5 heteroatoms. The minimum Gasteiger partial charge on any atom is -0.456 e. The molecule has 0 spiro atoms. The molecule has 0 aromatic carbocycles. The van der Waals surface area contributed by atoms with Crippen molar-refractivity contribution in [3.8, 4) is 0 Å². The van der Waals surface area contributed by atoms with E-state index >= 15 is 0 Å². The lowest BCUT2D eigenvalue weighted by molar-refractivity contribution is -0.178. The highest BCUT2D eigenvalue weighted by molar-refractivity contribution is 5.81. The Morgan fingerprint density at radius 2 is 2.17 bits per heavy atom. The first kappa shape index (κ1) is 16.5. The number of fused-ring (bicyclic) bond motifs is 5. The van der Waals surface area contributed by atoms with Crippen LogP contribution in [0.4, 0.5) is 0 Å². The van der Waals surface area contributed by atoms with Crippen LogP contribution >= 0.6 is 0 Å². The van der Waals surface area contributed by atoms with E-state index in [1.807, 2.05) is 6.92 Å². The zero-order valence-electron chi connectivity index (χ0n) is 14.0. The van der Waals surface area contributed by atoms with Gasteiger partial charge in [0.1, 0.15) is 5.60 Å². The van der Waals surface area contributed by atoms with Gasteiger partial charge < -0.3 is 14.2 Å². The maximum atomic E-state index is 12.4. The summed E-state index contributed by atoms with van der Waals surface area (Å²) in [6, 6.07) is 0. The standard InChI is InChI=1S/C18H26O5/c1-4-16(19)23-18-7-6-12(10-18)14-8-13(9-15(14)18)17(20)22-11(3)21-5-2/h4,11-15H,1,5-10H2,2-3H3. The van der Waals surface area contributed by atoms with E-state index in [2.05, 4.69) is 6.58 Å². The summed E-state index contributed by atoms with van der Waals surface area (Å²) in [5.41, 5.74) is -0.374. The smallest absolute Gasteiger partial charge is 0.330 e. The second-order valence-corrected chi connectivity index (χ2v) is 7.09. The summed E-state index contributed by atoms with van der Waals surface area (Å²) in [5.74, 6) is 0.703. The molecule has 3 fully saturated rings. The Morgan fingerprint density at radius 1 is 1.39 bits per heavy atom. The largest absolute Gasteiger partial charge is 0.456 e. The molecule has 3 aliphatic carbocycles. The van der Waals surface area contributed by atoms with E-state index in [9.17, 15) is 9.59 Å². The van der Waals surface area contributed by atoms with Gasteiger partial charge in [0.05, 0.1) is 5.92 Å². The van der Waals surface area contributed by atoms with E-state index in [-0.39, 0.29) is 29.4 Å². The van der Waals surface area contributed by atoms with Gasteiger partial charge in [0.2, 0.25) is 0 Å².